The average Bonchev–Trinajstić information content (AvgIpc) is 2.52. The maximum Gasteiger partial charge on any atom is 0.239 e. The first-order chi connectivity index (χ1) is 9.68. The van der Waals surface area contributed by atoms with Gasteiger partial charge in [-0.05, 0) is 31.2 Å². The zero-order valence-electron chi connectivity index (χ0n) is 11.4. The van der Waals surface area contributed by atoms with Gasteiger partial charge in [-0.15, -0.1) is 6.58 Å². The first-order valence-corrected chi connectivity index (χ1v) is 6.61. The van der Waals surface area contributed by atoms with Gasteiger partial charge in [0.1, 0.15) is 0 Å². The Morgan fingerprint density at radius 1 is 1.20 bits per heavy atom. The minimum Gasteiger partial charge on any atom is -0.301 e. The molecule has 0 N–H and O–H groups in total. The van der Waals surface area contributed by atoms with E-state index in [1.807, 2.05) is 55.5 Å². The van der Waals surface area contributed by atoms with Crippen LogP contribution in [0.1, 0.15) is 18.7 Å². The molecular weight excluding hydrogens is 248 g/mol. The average molecular weight is 264 g/mol. The van der Waals surface area contributed by atoms with E-state index >= 15 is 0 Å². The molecule has 3 rings (SSSR count). The smallest absolute Gasteiger partial charge is 0.239 e. The molecule has 1 aliphatic heterocycles. The topological polar surface area (TPSA) is 33.2 Å². The minimum atomic E-state index is -0.593. The van der Waals surface area contributed by atoms with Gasteiger partial charge in [0, 0.05) is 11.9 Å². The molecule has 1 fully saturated rings. The molecule has 3 nitrogen and oxygen atoms in total. The Hall–Kier alpha value is -2.42. The van der Waals surface area contributed by atoms with Crippen molar-refractivity contribution in [3.05, 3.63) is 73.1 Å². The van der Waals surface area contributed by atoms with E-state index in [2.05, 4.69) is 11.6 Å². The number of carbonyl (C=O) groups is 1. The number of hydrogen-bond acceptors (Lipinski definition) is 2. The quantitative estimate of drug-likeness (QED) is 0.629. The van der Waals surface area contributed by atoms with Gasteiger partial charge in [-0.2, -0.15) is 0 Å². The predicted molar refractivity (Wildman–Crippen MR) is 79.2 cm³/mol. The number of nitrogens with zero attached hydrogens (tertiary/aromatic N) is 2. The molecule has 1 saturated heterocycles. The van der Waals surface area contributed by atoms with Crippen molar-refractivity contribution in [2.45, 2.75) is 13.0 Å². The third-order valence-corrected chi connectivity index (χ3v) is 3.93. The molecule has 1 aliphatic rings. The zero-order valence-corrected chi connectivity index (χ0v) is 11.4. The summed E-state index contributed by atoms with van der Waals surface area (Å²) in [5.74, 6) is 0.0642. The fourth-order valence-corrected chi connectivity index (χ4v) is 2.73. The van der Waals surface area contributed by atoms with Gasteiger partial charge in [-0.1, -0.05) is 30.3 Å². The van der Waals surface area contributed by atoms with Crippen LogP contribution in [0.3, 0.4) is 0 Å². The molecule has 20 heavy (non-hydrogen) atoms. The van der Waals surface area contributed by atoms with Gasteiger partial charge in [0.25, 0.3) is 0 Å². The highest BCUT2D eigenvalue weighted by molar-refractivity contribution is 6.07. The molecule has 0 saturated carbocycles. The summed E-state index contributed by atoms with van der Waals surface area (Å²) in [7, 11) is 0. The number of aromatic nitrogens is 1. The van der Waals surface area contributed by atoms with Crippen molar-refractivity contribution in [2.75, 3.05) is 4.90 Å². The van der Waals surface area contributed by atoms with Crippen LogP contribution in [0.25, 0.3) is 0 Å². The highest BCUT2D eigenvalue weighted by atomic mass is 16.2. The van der Waals surface area contributed by atoms with Crippen molar-refractivity contribution in [3.8, 4) is 0 Å². The third kappa shape index (κ3) is 1.67. The van der Waals surface area contributed by atoms with Crippen molar-refractivity contribution in [1.82, 2.24) is 4.98 Å². The number of hydrogen-bond donors (Lipinski definition) is 0. The number of anilines is 1. The monoisotopic (exact) mass is 264 g/mol. The molecule has 2 heterocycles. The van der Waals surface area contributed by atoms with Crippen LogP contribution in [0.4, 0.5) is 5.69 Å². The number of rotatable bonds is 3. The van der Waals surface area contributed by atoms with E-state index in [1.54, 1.807) is 17.2 Å². The van der Waals surface area contributed by atoms with E-state index in [9.17, 15) is 4.79 Å². The van der Waals surface area contributed by atoms with Crippen LogP contribution >= 0.6 is 0 Å². The number of carbonyl (C=O) groups excluding carboxylic acids is 1. The standard InChI is InChI=1S/C17H16N2O/c1-3-17(2)15(14-11-7-8-12-18-14)19(16(17)20)13-9-5-4-6-10-13/h3-12,15H,1H2,2H3/t15-,17+/m0/s1. The van der Waals surface area contributed by atoms with Crippen LogP contribution in [-0.4, -0.2) is 10.9 Å². The van der Waals surface area contributed by atoms with E-state index in [4.69, 9.17) is 0 Å². The van der Waals surface area contributed by atoms with E-state index < -0.39 is 5.41 Å². The largest absolute Gasteiger partial charge is 0.301 e. The summed E-state index contributed by atoms with van der Waals surface area (Å²) in [6.07, 6.45) is 3.49. The highest BCUT2D eigenvalue weighted by Crippen LogP contribution is 2.51. The number of β-lactam (4-membered cyclic amide) rings is 1. The SMILES string of the molecule is C=C[C@@]1(C)C(=O)N(c2ccccc2)[C@H]1c1ccccn1. The second-order valence-electron chi connectivity index (χ2n) is 5.15. The maximum absolute atomic E-state index is 12.5. The number of para-hydroxylation sites is 1. The van der Waals surface area contributed by atoms with Crippen molar-refractivity contribution in [1.29, 1.82) is 0 Å². The van der Waals surface area contributed by atoms with Crippen LogP contribution in [0.2, 0.25) is 0 Å². The Morgan fingerprint density at radius 2 is 1.90 bits per heavy atom. The second-order valence-corrected chi connectivity index (χ2v) is 5.15. The Labute approximate surface area is 118 Å². The predicted octanol–water partition coefficient (Wildman–Crippen LogP) is 3.36. The van der Waals surface area contributed by atoms with Gasteiger partial charge in [-0.3, -0.25) is 9.78 Å². The lowest BCUT2D eigenvalue weighted by molar-refractivity contribution is -0.135. The maximum atomic E-state index is 12.5. The summed E-state index contributed by atoms with van der Waals surface area (Å²) in [5.41, 5.74) is 1.19. The Balaban J connectivity index is 2.07. The Morgan fingerprint density at radius 3 is 2.50 bits per heavy atom. The second kappa shape index (κ2) is 4.60. The first-order valence-electron chi connectivity index (χ1n) is 6.61. The lowest BCUT2D eigenvalue weighted by Crippen LogP contribution is -2.61. The summed E-state index contributed by atoms with van der Waals surface area (Å²) in [6, 6.07) is 15.4. The molecule has 2 atom stereocenters. The normalized spacial score (nSPS) is 25.1. The van der Waals surface area contributed by atoms with Gasteiger partial charge in [0.05, 0.1) is 17.2 Å². The molecule has 0 unspecified atom stereocenters. The lowest BCUT2D eigenvalue weighted by atomic mass is 9.70. The van der Waals surface area contributed by atoms with Crippen molar-refractivity contribution in [2.24, 2.45) is 5.41 Å². The molecule has 0 radical (unpaired) electrons. The number of amides is 1. The van der Waals surface area contributed by atoms with E-state index in [0.29, 0.717) is 0 Å². The fraction of sp³-hybridized carbons (Fsp3) is 0.176. The minimum absolute atomic E-state index is 0.0642. The molecule has 0 bridgehead atoms. The molecule has 100 valence electrons. The lowest BCUT2D eigenvalue weighted by Gasteiger charge is -2.52. The van der Waals surface area contributed by atoms with Crippen LogP contribution in [0, 0.1) is 5.41 Å². The first kappa shape index (κ1) is 12.6. The molecule has 1 amide bonds. The summed E-state index contributed by atoms with van der Waals surface area (Å²) in [5, 5.41) is 0. The highest BCUT2D eigenvalue weighted by Gasteiger charge is 2.57. The summed E-state index contributed by atoms with van der Waals surface area (Å²) >= 11 is 0. The molecule has 3 heteroatoms. The molecule has 1 aromatic carbocycles. The summed E-state index contributed by atoms with van der Waals surface area (Å²) < 4.78 is 0. The van der Waals surface area contributed by atoms with Crippen molar-refractivity contribution < 1.29 is 4.79 Å². The van der Waals surface area contributed by atoms with Crippen LogP contribution in [-0.2, 0) is 4.79 Å². The Bertz CT molecular complexity index is 639. The molecule has 1 aromatic heterocycles. The molecular formula is C17H16N2O. The van der Waals surface area contributed by atoms with E-state index in [-0.39, 0.29) is 11.9 Å². The number of benzene rings is 1. The Kier molecular flexibility index (Phi) is 2.90. The third-order valence-electron chi connectivity index (χ3n) is 3.93. The van der Waals surface area contributed by atoms with Crippen molar-refractivity contribution >= 4 is 11.6 Å². The fourth-order valence-electron chi connectivity index (χ4n) is 2.73. The molecule has 0 aliphatic carbocycles. The van der Waals surface area contributed by atoms with Gasteiger partial charge < -0.3 is 4.90 Å². The van der Waals surface area contributed by atoms with Gasteiger partial charge in [0.15, 0.2) is 0 Å². The molecule has 0 spiro atoms. The zero-order chi connectivity index (χ0) is 14.2. The van der Waals surface area contributed by atoms with Gasteiger partial charge in [0.2, 0.25) is 5.91 Å². The van der Waals surface area contributed by atoms with E-state index in [1.165, 1.54) is 0 Å². The van der Waals surface area contributed by atoms with Gasteiger partial charge >= 0.3 is 0 Å². The van der Waals surface area contributed by atoms with Crippen LogP contribution in [0.15, 0.2) is 67.4 Å². The number of pyridine rings is 1. The van der Waals surface area contributed by atoms with Crippen molar-refractivity contribution in [3.63, 3.8) is 0 Å². The van der Waals surface area contributed by atoms with Crippen LogP contribution < -0.4 is 4.90 Å². The summed E-state index contributed by atoms with van der Waals surface area (Å²) in [4.78, 5) is 18.7. The molecule has 2 aromatic rings. The summed E-state index contributed by atoms with van der Waals surface area (Å²) in [6.45, 7) is 5.75. The van der Waals surface area contributed by atoms with Gasteiger partial charge in [-0.25, -0.2) is 0 Å². The van der Waals surface area contributed by atoms with E-state index in [0.717, 1.165) is 11.4 Å². The van der Waals surface area contributed by atoms with Crippen LogP contribution in [0.5, 0.6) is 0 Å².